The Balaban J connectivity index is 1.36. The van der Waals surface area contributed by atoms with Gasteiger partial charge in [-0.05, 0) is 38.5 Å². The number of rotatable bonds is 7. The molecule has 3 rings (SSSR count). The molecule has 126 valence electrons. The summed E-state index contributed by atoms with van der Waals surface area (Å²) in [4.78, 5) is 4.76. The summed E-state index contributed by atoms with van der Waals surface area (Å²) >= 11 is 0. The van der Waals surface area contributed by atoms with Gasteiger partial charge in [-0.2, -0.15) is 0 Å². The molecule has 3 atom stereocenters. The number of ether oxygens (including phenoxy) is 1. The summed E-state index contributed by atoms with van der Waals surface area (Å²) in [6, 6.07) is 0.468. The number of unbranched alkanes of at least 4 members (excludes halogenated alkanes) is 1. The molecule has 3 unspecified atom stereocenters. The van der Waals surface area contributed by atoms with Crippen molar-refractivity contribution in [3.63, 3.8) is 0 Å². The number of nitrogens with one attached hydrogen (secondary N) is 2. The SMILES string of the molecule is CCNC(=NCCCCC1CCCC1)NC1CC2CCC1O2. The molecule has 1 saturated carbocycles. The quantitative estimate of drug-likeness (QED) is 0.431. The lowest BCUT2D eigenvalue weighted by atomic mass is 9.96. The van der Waals surface area contributed by atoms with Crippen molar-refractivity contribution in [1.82, 2.24) is 10.6 Å². The van der Waals surface area contributed by atoms with Crippen molar-refractivity contribution in [1.29, 1.82) is 0 Å². The second-order valence-corrected chi connectivity index (χ2v) is 7.27. The summed E-state index contributed by atoms with van der Waals surface area (Å²) in [5.74, 6) is 2.01. The monoisotopic (exact) mass is 307 g/mol. The highest BCUT2D eigenvalue weighted by atomic mass is 16.5. The Kier molecular flexibility index (Phi) is 5.99. The van der Waals surface area contributed by atoms with Crippen LogP contribution < -0.4 is 10.6 Å². The summed E-state index contributed by atoms with van der Waals surface area (Å²) in [7, 11) is 0. The lowest BCUT2D eigenvalue weighted by Crippen LogP contribution is -2.47. The topological polar surface area (TPSA) is 45.7 Å². The zero-order valence-electron chi connectivity index (χ0n) is 14.2. The number of aliphatic imine (C=N–C) groups is 1. The van der Waals surface area contributed by atoms with E-state index in [1.54, 1.807) is 0 Å². The minimum atomic E-state index is 0.413. The lowest BCUT2D eigenvalue weighted by molar-refractivity contribution is 0.0992. The van der Waals surface area contributed by atoms with E-state index in [1.807, 2.05) is 0 Å². The van der Waals surface area contributed by atoms with E-state index in [1.165, 1.54) is 57.8 Å². The van der Waals surface area contributed by atoms with Crippen LogP contribution in [-0.2, 0) is 4.74 Å². The number of fused-ring (bicyclic) bond motifs is 2. The molecule has 22 heavy (non-hydrogen) atoms. The van der Waals surface area contributed by atoms with Crippen LogP contribution in [0.1, 0.15) is 71.1 Å². The molecular formula is C18H33N3O. The first-order valence-electron chi connectivity index (χ1n) is 9.55. The van der Waals surface area contributed by atoms with Crippen molar-refractivity contribution in [3.05, 3.63) is 0 Å². The van der Waals surface area contributed by atoms with Gasteiger partial charge >= 0.3 is 0 Å². The van der Waals surface area contributed by atoms with E-state index >= 15 is 0 Å². The highest BCUT2D eigenvalue weighted by Gasteiger charge is 2.41. The fraction of sp³-hybridized carbons (Fsp3) is 0.944. The zero-order valence-corrected chi connectivity index (χ0v) is 14.2. The molecule has 3 aliphatic rings. The van der Waals surface area contributed by atoms with Crippen LogP contribution in [0.5, 0.6) is 0 Å². The Hall–Kier alpha value is -0.770. The van der Waals surface area contributed by atoms with Crippen LogP contribution in [0.3, 0.4) is 0 Å². The van der Waals surface area contributed by atoms with E-state index in [-0.39, 0.29) is 0 Å². The number of hydrogen-bond donors (Lipinski definition) is 2. The molecule has 0 aromatic carbocycles. The van der Waals surface area contributed by atoms with Gasteiger partial charge in [-0.3, -0.25) is 4.99 Å². The minimum Gasteiger partial charge on any atom is -0.373 e. The first kappa shape index (κ1) is 16.1. The van der Waals surface area contributed by atoms with E-state index in [2.05, 4.69) is 17.6 Å². The number of guanidine groups is 1. The summed E-state index contributed by atoms with van der Waals surface area (Å²) in [6.07, 6.45) is 14.4. The highest BCUT2D eigenvalue weighted by molar-refractivity contribution is 5.80. The molecule has 1 aliphatic carbocycles. The van der Waals surface area contributed by atoms with Crippen LogP contribution in [0, 0.1) is 5.92 Å². The molecule has 0 aromatic rings. The lowest BCUT2D eigenvalue weighted by Gasteiger charge is -2.22. The van der Waals surface area contributed by atoms with Gasteiger partial charge < -0.3 is 15.4 Å². The van der Waals surface area contributed by atoms with Crippen LogP contribution in [0.2, 0.25) is 0 Å². The maximum atomic E-state index is 5.92. The van der Waals surface area contributed by atoms with Crippen LogP contribution >= 0.6 is 0 Å². The third-order valence-corrected chi connectivity index (χ3v) is 5.54. The summed E-state index contributed by atoms with van der Waals surface area (Å²) < 4.78 is 5.92. The maximum absolute atomic E-state index is 5.92. The van der Waals surface area contributed by atoms with Gasteiger partial charge in [0.2, 0.25) is 0 Å². The average Bonchev–Trinajstić information content (AvgIpc) is 3.24. The first-order valence-corrected chi connectivity index (χ1v) is 9.55. The van der Waals surface area contributed by atoms with Crippen LogP contribution in [0.4, 0.5) is 0 Å². The predicted molar refractivity (Wildman–Crippen MR) is 91.2 cm³/mol. The minimum absolute atomic E-state index is 0.413. The molecular weight excluding hydrogens is 274 g/mol. The Morgan fingerprint density at radius 1 is 1.14 bits per heavy atom. The van der Waals surface area contributed by atoms with Crippen molar-refractivity contribution in [2.75, 3.05) is 13.1 Å². The van der Waals surface area contributed by atoms with Crippen molar-refractivity contribution in [3.8, 4) is 0 Å². The molecule has 0 amide bonds. The summed E-state index contributed by atoms with van der Waals surface area (Å²) in [6.45, 7) is 4.01. The van der Waals surface area contributed by atoms with Gasteiger partial charge in [0.05, 0.1) is 18.2 Å². The van der Waals surface area contributed by atoms with Gasteiger partial charge in [0.15, 0.2) is 5.96 Å². The van der Waals surface area contributed by atoms with Gasteiger partial charge in [-0.15, -0.1) is 0 Å². The molecule has 4 nitrogen and oxygen atoms in total. The van der Waals surface area contributed by atoms with Crippen LogP contribution in [0.15, 0.2) is 4.99 Å². The third-order valence-electron chi connectivity index (χ3n) is 5.54. The second-order valence-electron chi connectivity index (χ2n) is 7.27. The Labute approximate surface area is 135 Å². The van der Waals surface area contributed by atoms with Crippen molar-refractivity contribution < 1.29 is 4.74 Å². The molecule has 2 heterocycles. The van der Waals surface area contributed by atoms with Gasteiger partial charge in [0.1, 0.15) is 0 Å². The maximum Gasteiger partial charge on any atom is 0.191 e. The van der Waals surface area contributed by atoms with E-state index in [0.29, 0.717) is 18.2 Å². The predicted octanol–water partition coefficient (Wildman–Crippen LogP) is 3.22. The zero-order chi connectivity index (χ0) is 15.2. The Morgan fingerprint density at radius 3 is 2.68 bits per heavy atom. The van der Waals surface area contributed by atoms with Crippen LogP contribution in [-0.4, -0.2) is 37.3 Å². The number of nitrogens with zero attached hydrogens (tertiary/aromatic N) is 1. The highest BCUT2D eigenvalue weighted by Crippen LogP contribution is 2.34. The summed E-state index contributed by atoms with van der Waals surface area (Å²) in [5, 5.41) is 6.98. The molecule has 2 N–H and O–H groups in total. The standard InChI is InChI=1S/C18H33N3O/c1-2-19-18(21-16-13-15-10-11-17(16)22-15)20-12-6-5-9-14-7-3-4-8-14/h14-17H,2-13H2,1H3,(H2,19,20,21). The molecule has 2 bridgehead atoms. The third kappa shape index (κ3) is 4.37. The molecule has 2 saturated heterocycles. The second kappa shape index (κ2) is 8.19. The van der Waals surface area contributed by atoms with Gasteiger partial charge in [0.25, 0.3) is 0 Å². The molecule has 0 radical (unpaired) electrons. The Bertz CT molecular complexity index is 365. The largest absolute Gasteiger partial charge is 0.373 e. The normalized spacial score (nSPS) is 31.9. The van der Waals surface area contributed by atoms with E-state index in [4.69, 9.17) is 9.73 Å². The molecule has 3 fully saturated rings. The van der Waals surface area contributed by atoms with E-state index in [0.717, 1.165) is 31.4 Å². The molecule has 2 aliphatic heterocycles. The molecule has 4 heteroatoms. The fourth-order valence-corrected chi connectivity index (χ4v) is 4.32. The summed E-state index contributed by atoms with van der Waals surface area (Å²) in [5.41, 5.74) is 0. The van der Waals surface area contributed by atoms with Crippen molar-refractivity contribution in [2.45, 2.75) is 89.4 Å². The molecule has 0 spiro atoms. The number of hydrogen-bond acceptors (Lipinski definition) is 2. The average molecular weight is 307 g/mol. The smallest absolute Gasteiger partial charge is 0.191 e. The first-order chi connectivity index (χ1) is 10.8. The molecule has 0 aromatic heterocycles. The Morgan fingerprint density at radius 2 is 2.00 bits per heavy atom. The van der Waals surface area contributed by atoms with Crippen molar-refractivity contribution in [2.24, 2.45) is 10.9 Å². The van der Waals surface area contributed by atoms with Crippen LogP contribution in [0.25, 0.3) is 0 Å². The van der Waals surface area contributed by atoms with Gasteiger partial charge in [-0.1, -0.05) is 38.5 Å². The fourth-order valence-electron chi connectivity index (χ4n) is 4.32. The van der Waals surface area contributed by atoms with Crippen molar-refractivity contribution >= 4 is 5.96 Å². The van der Waals surface area contributed by atoms with E-state index < -0.39 is 0 Å². The van der Waals surface area contributed by atoms with Gasteiger partial charge in [0, 0.05) is 13.1 Å². The van der Waals surface area contributed by atoms with Gasteiger partial charge in [-0.25, -0.2) is 0 Å². The van der Waals surface area contributed by atoms with E-state index in [9.17, 15) is 0 Å².